The molecular formula is C15H19ClN5OS+. The number of H-pyrrole nitrogens is 1. The maximum Gasteiger partial charge on any atom is 0.233 e. The van der Waals surface area contributed by atoms with Gasteiger partial charge in [0.15, 0.2) is 5.82 Å². The lowest BCUT2D eigenvalue weighted by atomic mass is 10.2. The molecule has 0 atom stereocenters. The molecule has 2 heterocycles. The number of quaternary nitrogens is 1. The third kappa shape index (κ3) is 4.25. The van der Waals surface area contributed by atoms with Crippen LogP contribution in [0.4, 0.5) is 0 Å². The molecule has 0 bridgehead atoms. The molecule has 1 aliphatic heterocycles. The second-order valence-electron chi connectivity index (χ2n) is 5.60. The number of nitrogens with zero attached hydrogens (tertiary/aromatic N) is 3. The van der Waals surface area contributed by atoms with Crippen LogP contribution in [0.25, 0.3) is 11.4 Å². The molecule has 0 radical (unpaired) electrons. The molecule has 0 saturated carbocycles. The Hall–Kier alpha value is -1.57. The van der Waals surface area contributed by atoms with Gasteiger partial charge in [-0.25, -0.2) is 4.98 Å². The van der Waals surface area contributed by atoms with Gasteiger partial charge in [0, 0.05) is 10.6 Å². The minimum atomic E-state index is 0.153. The van der Waals surface area contributed by atoms with Crippen molar-refractivity contribution in [3.05, 3.63) is 29.3 Å². The number of aromatic amines is 1. The highest BCUT2D eigenvalue weighted by molar-refractivity contribution is 7.99. The van der Waals surface area contributed by atoms with E-state index in [9.17, 15) is 4.79 Å². The van der Waals surface area contributed by atoms with E-state index in [1.54, 1.807) is 0 Å². The van der Waals surface area contributed by atoms with E-state index in [-0.39, 0.29) is 5.91 Å². The maximum absolute atomic E-state index is 12.2. The van der Waals surface area contributed by atoms with E-state index in [4.69, 9.17) is 11.6 Å². The van der Waals surface area contributed by atoms with Gasteiger partial charge in [-0.2, -0.15) is 0 Å². The SMILES string of the molecule is C[NH+]1CCN(C(=O)CSc2n[nH]c(-c3ccc(Cl)cc3)n2)CC1. The summed E-state index contributed by atoms with van der Waals surface area (Å²) in [6.07, 6.45) is 0. The van der Waals surface area contributed by atoms with E-state index in [0.717, 1.165) is 31.7 Å². The van der Waals surface area contributed by atoms with E-state index < -0.39 is 0 Å². The molecule has 1 fully saturated rings. The predicted octanol–water partition coefficient (Wildman–Crippen LogP) is 0.574. The summed E-state index contributed by atoms with van der Waals surface area (Å²) in [6, 6.07) is 7.39. The van der Waals surface area contributed by atoms with Crippen LogP contribution in [0.5, 0.6) is 0 Å². The number of carbonyl (C=O) groups is 1. The molecule has 1 amide bonds. The largest absolute Gasteiger partial charge is 0.334 e. The van der Waals surface area contributed by atoms with Gasteiger partial charge in [0.25, 0.3) is 0 Å². The fourth-order valence-corrected chi connectivity index (χ4v) is 3.23. The molecule has 23 heavy (non-hydrogen) atoms. The van der Waals surface area contributed by atoms with E-state index in [1.807, 2.05) is 29.2 Å². The average Bonchev–Trinajstić information content (AvgIpc) is 3.03. The molecule has 8 heteroatoms. The summed E-state index contributed by atoms with van der Waals surface area (Å²) in [7, 11) is 2.16. The Bertz CT molecular complexity index is 667. The van der Waals surface area contributed by atoms with Crippen LogP contribution < -0.4 is 4.90 Å². The number of piperazine rings is 1. The fraction of sp³-hybridized carbons (Fsp3) is 0.400. The number of nitrogens with one attached hydrogen (secondary N) is 2. The van der Waals surface area contributed by atoms with Crippen molar-refractivity contribution in [3.8, 4) is 11.4 Å². The van der Waals surface area contributed by atoms with Gasteiger partial charge < -0.3 is 9.80 Å². The van der Waals surface area contributed by atoms with Crippen molar-refractivity contribution in [1.29, 1.82) is 0 Å². The van der Waals surface area contributed by atoms with Crippen LogP contribution in [0.1, 0.15) is 0 Å². The Labute approximate surface area is 144 Å². The molecule has 2 aromatic rings. The van der Waals surface area contributed by atoms with E-state index in [0.29, 0.717) is 21.8 Å². The number of thioether (sulfide) groups is 1. The van der Waals surface area contributed by atoms with Crippen LogP contribution in [0.2, 0.25) is 5.02 Å². The van der Waals surface area contributed by atoms with Gasteiger partial charge in [0.1, 0.15) is 0 Å². The Morgan fingerprint density at radius 2 is 2.04 bits per heavy atom. The first-order chi connectivity index (χ1) is 11.1. The monoisotopic (exact) mass is 352 g/mol. The molecular weight excluding hydrogens is 334 g/mol. The number of likely N-dealkylation sites (N-methyl/N-ethyl adjacent to an activating group) is 1. The summed E-state index contributed by atoms with van der Waals surface area (Å²) in [5.41, 5.74) is 0.919. The van der Waals surface area contributed by atoms with Crippen LogP contribution in [0.15, 0.2) is 29.4 Å². The van der Waals surface area contributed by atoms with Crippen molar-refractivity contribution >= 4 is 29.3 Å². The third-order valence-electron chi connectivity index (χ3n) is 3.88. The summed E-state index contributed by atoms with van der Waals surface area (Å²) >= 11 is 7.24. The first kappa shape index (κ1) is 16.3. The van der Waals surface area contributed by atoms with Crippen molar-refractivity contribution in [2.24, 2.45) is 0 Å². The zero-order valence-corrected chi connectivity index (χ0v) is 14.5. The lowest BCUT2D eigenvalue weighted by Gasteiger charge is -2.29. The highest BCUT2D eigenvalue weighted by Gasteiger charge is 2.21. The molecule has 0 aliphatic carbocycles. The highest BCUT2D eigenvalue weighted by Crippen LogP contribution is 2.21. The van der Waals surface area contributed by atoms with Gasteiger partial charge in [-0.1, -0.05) is 23.4 Å². The predicted molar refractivity (Wildman–Crippen MR) is 90.8 cm³/mol. The molecule has 3 rings (SSSR count). The number of amides is 1. The number of halogens is 1. The lowest BCUT2D eigenvalue weighted by Crippen LogP contribution is -3.12. The number of benzene rings is 1. The molecule has 1 aromatic heterocycles. The molecule has 1 aliphatic rings. The van der Waals surface area contributed by atoms with Crippen molar-refractivity contribution in [2.75, 3.05) is 39.0 Å². The fourth-order valence-electron chi connectivity index (χ4n) is 2.40. The normalized spacial score (nSPS) is 15.8. The molecule has 122 valence electrons. The molecule has 0 spiro atoms. The number of rotatable bonds is 4. The number of hydrogen-bond acceptors (Lipinski definition) is 4. The molecule has 0 unspecified atom stereocenters. The molecule has 1 aromatic carbocycles. The summed E-state index contributed by atoms with van der Waals surface area (Å²) < 4.78 is 0. The Morgan fingerprint density at radius 3 is 2.74 bits per heavy atom. The van der Waals surface area contributed by atoms with Gasteiger partial charge in [-0.15, -0.1) is 5.10 Å². The zero-order valence-electron chi connectivity index (χ0n) is 12.9. The van der Waals surface area contributed by atoms with Crippen LogP contribution in [0.3, 0.4) is 0 Å². The van der Waals surface area contributed by atoms with Crippen molar-refractivity contribution < 1.29 is 9.69 Å². The molecule has 1 saturated heterocycles. The van der Waals surface area contributed by atoms with Crippen molar-refractivity contribution in [1.82, 2.24) is 20.1 Å². The van der Waals surface area contributed by atoms with Gasteiger partial charge in [0.2, 0.25) is 11.1 Å². The lowest BCUT2D eigenvalue weighted by molar-refractivity contribution is -0.883. The average molecular weight is 353 g/mol. The van der Waals surface area contributed by atoms with Crippen LogP contribution in [-0.4, -0.2) is 65.0 Å². The second-order valence-corrected chi connectivity index (χ2v) is 6.98. The van der Waals surface area contributed by atoms with Crippen LogP contribution >= 0.6 is 23.4 Å². The van der Waals surface area contributed by atoms with E-state index in [2.05, 4.69) is 22.2 Å². The Kier molecular flexibility index (Phi) is 5.20. The Balaban J connectivity index is 1.55. The second kappa shape index (κ2) is 7.33. The first-order valence-corrected chi connectivity index (χ1v) is 8.88. The minimum Gasteiger partial charge on any atom is -0.334 e. The van der Waals surface area contributed by atoms with Gasteiger partial charge in [-0.3, -0.25) is 9.89 Å². The number of carbonyl (C=O) groups excluding carboxylic acids is 1. The number of hydrogen-bond donors (Lipinski definition) is 2. The smallest absolute Gasteiger partial charge is 0.233 e. The summed E-state index contributed by atoms with van der Waals surface area (Å²) in [5.74, 6) is 1.21. The van der Waals surface area contributed by atoms with Gasteiger partial charge in [-0.05, 0) is 24.3 Å². The summed E-state index contributed by atoms with van der Waals surface area (Å²) in [4.78, 5) is 20.0. The van der Waals surface area contributed by atoms with Crippen molar-refractivity contribution in [3.63, 3.8) is 0 Å². The van der Waals surface area contributed by atoms with Crippen LogP contribution in [0, 0.1) is 0 Å². The first-order valence-electron chi connectivity index (χ1n) is 7.52. The standard InChI is InChI=1S/C15H18ClN5OS/c1-20-6-8-21(9-7-20)13(22)10-23-15-17-14(18-19-15)11-2-4-12(16)5-3-11/h2-5H,6-10H2,1H3,(H,17,18,19)/p+1. The quantitative estimate of drug-likeness (QED) is 0.790. The van der Waals surface area contributed by atoms with E-state index >= 15 is 0 Å². The van der Waals surface area contributed by atoms with Crippen LogP contribution in [-0.2, 0) is 4.79 Å². The molecule has 6 nitrogen and oxygen atoms in total. The topological polar surface area (TPSA) is 66.3 Å². The summed E-state index contributed by atoms with van der Waals surface area (Å²) in [6.45, 7) is 3.68. The summed E-state index contributed by atoms with van der Waals surface area (Å²) in [5, 5.41) is 8.33. The molecule has 2 N–H and O–H groups in total. The van der Waals surface area contributed by atoms with Gasteiger partial charge >= 0.3 is 0 Å². The number of aromatic nitrogens is 3. The van der Waals surface area contributed by atoms with E-state index in [1.165, 1.54) is 16.7 Å². The highest BCUT2D eigenvalue weighted by atomic mass is 35.5. The van der Waals surface area contributed by atoms with Gasteiger partial charge in [0.05, 0.1) is 39.0 Å². The third-order valence-corrected chi connectivity index (χ3v) is 4.96. The maximum atomic E-state index is 12.2. The van der Waals surface area contributed by atoms with Crippen molar-refractivity contribution in [2.45, 2.75) is 5.16 Å². The Morgan fingerprint density at radius 1 is 1.35 bits per heavy atom. The minimum absolute atomic E-state index is 0.153. The zero-order chi connectivity index (χ0) is 16.2.